The summed E-state index contributed by atoms with van der Waals surface area (Å²) in [6.07, 6.45) is 2.44. The summed E-state index contributed by atoms with van der Waals surface area (Å²) in [7, 11) is 4.01. The van der Waals surface area contributed by atoms with Crippen LogP contribution in [-0.2, 0) is 0 Å². The number of hydrogen-bond acceptors (Lipinski definition) is 6. The number of aromatic nitrogens is 2. The summed E-state index contributed by atoms with van der Waals surface area (Å²) >= 11 is 0. The van der Waals surface area contributed by atoms with Gasteiger partial charge in [0.1, 0.15) is 5.69 Å². The van der Waals surface area contributed by atoms with Crippen molar-refractivity contribution in [2.45, 2.75) is 13.3 Å². The zero-order valence-corrected chi connectivity index (χ0v) is 14.0. The Hall–Kier alpha value is -2.67. The zero-order chi connectivity index (χ0) is 17.1. The molecule has 0 saturated carbocycles. The Kier molecular flexibility index (Phi) is 4.61. The van der Waals surface area contributed by atoms with Gasteiger partial charge in [-0.1, -0.05) is 5.16 Å². The molecule has 3 rings (SSSR count). The Morgan fingerprint density at radius 2 is 2.21 bits per heavy atom. The third-order valence-electron chi connectivity index (χ3n) is 3.70. The zero-order valence-electron chi connectivity index (χ0n) is 14.0. The molecule has 0 aliphatic carbocycles. The standard InChI is InChI=1S/C17H20N4O3/c1-11-15-12(16(22)18-7-5-8-21(2)3)10-13(14-6-4-9-23-14)19-17(15)24-20-11/h4,6,9-10H,5,7-8H2,1-3H3,(H,18,22). The van der Waals surface area contributed by atoms with E-state index in [0.717, 1.165) is 13.0 Å². The first kappa shape index (κ1) is 16.2. The average Bonchev–Trinajstić information content (AvgIpc) is 3.20. The fraction of sp³-hybridized carbons (Fsp3) is 0.353. The number of amides is 1. The first-order chi connectivity index (χ1) is 11.6. The average molecular weight is 328 g/mol. The molecule has 24 heavy (non-hydrogen) atoms. The molecule has 3 heterocycles. The number of nitrogens with zero attached hydrogens (tertiary/aromatic N) is 3. The quantitative estimate of drug-likeness (QED) is 0.700. The molecule has 0 aliphatic heterocycles. The van der Waals surface area contributed by atoms with Crippen LogP contribution in [0, 0.1) is 6.92 Å². The molecule has 126 valence electrons. The number of rotatable bonds is 6. The van der Waals surface area contributed by atoms with Crippen LogP contribution in [0.4, 0.5) is 0 Å². The molecule has 0 radical (unpaired) electrons. The minimum Gasteiger partial charge on any atom is -0.463 e. The van der Waals surface area contributed by atoms with Crippen molar-refractivity contribution in [3.05, 3.63) is 35.7 Å². The van der Waals surface area contributed by atoms with Gasteiger partial charge in [-0.3, -0.25) is 4.79 Å². The number of fused-ring (bicyclic) bond motifs is 1. The molecule has 0 unspecified atom stereocenters. The molecule has 1 N–H and O–H groups in total. The van der Waals surface area contributed by atoms with Crippen molar-refractivity contribution in [3.8, 4) is 11.5 Å². The molecule has 3 aromatic rings. The first-order valence-electron chi connectivity index (χ1n) is 7.80. The van der Waals surface area contributed by atoms with Crippen LogP contribution in [0.15, 0.2) is 33.4 Å². The van der Waals surface area contributed by atoms with Gasteiger partial charge in [-0.05, 0) is 52.2 Å². The third kappa shape index (κ3) is 3.30. The van der Waals surface area contributed by atoms with Crippen molar-refractivity contribution < 1.29 is 13.7 Å². The fourth-order valence-corrected chi connectivity index (χ4v) is 2.52. The van der Waals surface area contributed by atoms with Crippen molar-refractivity contribution in [1.82, 2.24) is 20.4 Å². The van der Waals surface area contributed by atoms with Gasteiger partial charge in [-0.15, -0.1) is 0 Å². The molecular weight excluding hydrogens is 308 g/mol. The minimum atomic E-state index is -0.166. The van der Waals surface area contributed by atoms with Gasteiger partial charge < -0.3 is 19.2 Å². The van der Waals surface area contributed by atoms with Crippen molar-refractivity contribution in [2.75, 3.05) is 27.2 Å². The lowest BCUT2D eigenvalue weighted by molar-refractivity contribution is 0.0954. The fourth-order valence-electron chi connectivity index (χ4n) is 2.52. The number of aryl methyl sites for hydroxylation is 1. The number of hydrogen-bond donors (Lipinski definition) is 1. The van der Waals surface area contributed by atoms with E-state index < -0.39 is 0 Å². The van der Waals surface area contributed by atoms with Gasteiger partial charge in [0, 0.05) is 6.54 Å². The van der Waals surface area contributed by atoms with Gasteiger partial charge in [-0.25, -0.2) is 4.98 Å². The Balaban J connectivity index is 1.90. The topological polar surface area (TPSA) is 84.4 Å². The second-order valence-electron chi connectivity index (χ2n) is 5.89. The third-order valence-corrected chi connectivity index (χ3v) is 3.70. The van der Waals surface area contributed by atoms with Crippen LogP contribution in [0.1, 0.15) is 22.5 Å². The van der Waals surface area contributed by atoms with Crippen LogP contribution in [0.3, 0.4) is 0 Å². The summed E-state index contributed by atoms with van der Waals surface area (Å²) in [4.78, 5) is 19.1. The monoisotopic (exact) mass is 328 g/mol. The molecule has 0 saturated heterocycles. The second kappa shape index (κ2) is 6.84. The molecular formula is C17H20N4O3. The van der Waals surface area contributed by atoms with Crippen molar-refractivity contribution in [1.29, 1.82) is 0 Å². The molecule has 0 aliphatic rings. The number of carbonyl (C=O) groups excluding carboxylic acids is 1. The summed E-state index contributed by atoms with van der Waals surface area (Å²) in [5.41, 5.74) is 2.01. The molecule has 3 aromatic heterocycles. The van der Waals surface area contributed by atoms with E-state index in [0.29, 0.717) is 40.4 Å². The van der Waals surface area contributed by atoms with E-state index in [4.69, 9.17) is 8.94 Å². The number of pyridine rings is 1. The summed E-state index contributed by atoms with van der Waals surface area (Å²) in [6.45, 7) is 3.31. The Morgan fingerprint density at radius 1 is 1.38 bits per heavy atom. The second-order valence-corrected chi connectivity index (χ2v) is 5.89. The van der Waals surface area contributed by atoms with Gasteiger partial charge in [0.2, 0.25) is 0 Å². The van der Waals surface area contributed by atoms with E-state index in [9.17, 15) is 4.79 Å². The van der Waals surface area contributed by atoms with E-state index >= 15 is 0 Å². The Bertz CT molecular complexity index is 837. The van der Waals surface area contributed by atoms with Gasteiger partial charge in [0.15, 0.2) is 5.76 Å². The summed E-state index contributed by atoms with van der Waals surface area (Å²) < 4.78 is 10.6. The normalized spacial score (nSPS) is 11.3. The molecule has 0 spiro atoms. The van der Waals surface area contributed by atoms with Crippen LogP contribution in [0.2, 0.25) is 0 Å². The SMILES string of the molecule is Cc1noc2nc(-c3ccco3)cc(C(=O)NCCCN(C)C)c12. The lowest BCUT2D eigenvalue weighted by atomic mass is 10.1. The lowest BCUT2D eigenvalue weighted by Gasteiger charge is -2.10. The van der Waals surface area contributed by atoms with E-state index in [2.05, 4.69) is 20.4 Å². The lowest BCUT2D eigenvalue weighted by Crippen LogP contribution is -2.27. The maximum atomic E-state index is 12.6. The van der Waals surface area contributed by atoms with Crippen LogP contribution < -0.4 is 5.32 Å². The van der Waals surface area contributed by atoms with Gasteiger partial charge in [0.25, 0.3) is 11.6 Å². The van der Waals surface area contributed by atoms with Crippen LogP contribution >= 0.6 is 0 Å². The smallest absolute Gasteiger partial charge is 0.259 e. The Morgan fingerprint density at radius 3 is 2.92 bits per heavy atom. The first-order valence-corrected chi connectivity index (χ1v) is 7.80. The van der Waals surface area contributed by atoms with E-state index in [1.165, 1.54) is 0 Å². The van der Waals surface area contributed by atoms with E-state index in [1.807, 2.05) is 14.1 Å². The van der Waals surface area contributed by atoms with Gasteiger partial charge in [-0.2, -0.15) is 0 Å². The van der Waals surface area contributed by atoms with Gasteiger partial charge >= 0.3 is 0 Å². The molecule has 7 nitrogen and oxygen atoms in total. The van der Waals surface area contributed by atoms with Crippen LogP contribution in [0.5, 0.6) is 0 Å². The molecule has 7 heteroatoms. The summed E-state index contributed by atoms with van der Waals surface area (Å²) in [5.74, 6) is 0.410. The van der Waals surface area contributed by atoms with Crippen LogP contribution in [0.25, 0.3) is 22.6 Å². The highest BCUT2D eigenvalue weighted by molar-refractivity contribution is 6.06. The number of carbonyl (C=O) groups is 1. The van der Waals surface area contributed by atoms with Gasteiger partial charge in [0.05, 0.1) is 22.9 Å². The van der Waals surface area contributed by atoms with E-state index in [1.54, 1.807) is 31.4 Å². The molecule has 0 aromatic carbocycles. The Labute approximate surface area is 139 Å². The largest absolute Gasteiger partial charge is 0.463 e. The predicted molar refractivity (Wildman–Crippen MR) is 89.7 cm³/mol. The van der Waals surface area contributed by atoms with E-state index in [-0.39, 0.29) is 5.91 Å². The molecule has 0 bridgehead atoms. The predicted octanol–water partition coefficient (Wildman–Crippen LogP) is 2.47. The summed E-state index contributed by atoms with van der Waals surface area (Å²) in [5, 5.41) is 7.50. The molecule has 1 amide bonds. The highest BCUT2D eigenvalue weighted by atomic mass is 16.5. The van der Waals surface area contributed by atoms with Crippen molar-refractivity contribution in [3.63, 3.8) is 0 Å². The minimum absolute atomic E-state index is 0.166. The number of nitrogens with one attached hydrogen (secondary N) is 1. The molecule has 0 atom stereocenters. The van der Waals surface area contributed by atoms with Crippen molar-refractivity contribution >= 4 is 17.0 Å². The highest BCUT2D eigenvalue weighted by Gasteiger charge is 2.19. The maximum absolute atomic E-state index is 12.6. The summed E-state index contributed by atoms with van der Waals surface area (Å²) in [6, 6.07) is 5.27. The maximum Gasteiger partial charge on any atom is 0.259 e. The van der Waals surface area contributed by atoms with Crippen LogP contribution in [-0.4, -0.2) is 48.1 Å². The highest BCUT2D eigenvalue weighted by Crippen LogP contribution is 2.27. The number of furan rings is 1. The van der Waals surface area contributed by atoms with Crippen molar-refractivity contribution in [2.24, 2.45) is 0 Å². The molecule has 0 fully saturated rings.